The molecule has 94 valence electrons. The maximum atomic E-state index is 13.3. The van der Waals surface area contributed by atoms with Crippen molar-refractivity contribution in [2.45, 2.75) is 18.7 Å². The average Bonchev–Trinajstić information content (AvgIpc) is 2.11. The molecule has 0 saturated carbocycles. The Morgan fingerprint density at radius 3 is 2.35 bits per heavy atom. The van der Waals surface area contributed by atoms with Gasteiger partial charge in [0.2, 0.25) is 5.96 Å². The zero-order valence-electron chi connectivity index (χ0n) is 9.36. The third-order valence-electron chi connectivity index (χ3n) is 2.19. The van der Waals surface area contributed by atoms with Gasteiger partial charge in [-0.25, -0.2) is 4.39 Å². The maximum absolute atomic E-state index is 13.3. The fourth-order valence-electron chi connectivity index (χ4n) is 1.51. The van der Waals surface area contributed by atoms with E-state index in [4.69, 9.17) is 17.2 Å². The van der Waals surface area contributed by atoms with Crippen molar-refractivity contribution in [2.24, 2.45) is 15.9 Å². The first-order chi connectivity index (χ1) is 7.66. The van der Waals surface area contributed by atoms with Gasteiger partial charge in [-0.15, -0.1) is 4.40 Å². The van der Waals surface area contributed by atoms with Crippen molar-refractivity contribution in [2.75, 3.05) is 5.73 Å². The largest absolute Gasteiger partial charge is 0.396 e. The van der Waals surface area contributed by atoms with Crippen molar-refractivity contribution in [3.8, 4) is 0 Å². The lowest BCUT2D eigenvalue weighted by atomic mass is 10.1. The molecule has 1 aromatic carbocycles. The van der Waals surface area contributed by atoms with E-state index in [1.807, 2.05) is 0 Å². The van der Waals surface area contributed by atoms with Crippen LogP contribution in [0.3, 0.4) is 0 Å². The maximum Gasteiger partial charge on any atom is 0.286 e. The Labute approximate surface area is 98.4 Å². The number of aryl methyl sites for hydroxylation is 1. The number of hydrogen-bond acceptors (Lipinski definition) is 3. The quantitative estimate of drug-likeness (QED) is 0.392. The number of halogens is 1. The Balaban J connectivity index is 3.65. The summed E-state index contributed by atoms with van der Waals surface area (Å²) >= 11 is 0. The van der Waals surface area contributed by atoms with E-state index in [1.54, 1.807) is 0 Å². The first kappa shape index (κ1) is 13.2. The number of nitrogens with two attached hydrogens (primary N) is 3. The Bertz CT molecular complexity index is 592. The molecule has 0 aromatic heterocycles. The van der Waals surface area contributed by atoms with Gasteiger partial charge in [0.15, 0.2) is 0 Å². The molecule has 0 bridgehead atoms. The predicted octanol–water partition coefficient (Wildman–Crippen LogP) is -0.0132. The standard InChI is InChI=1S/C9H13FN4O2S/c1-4-3-6(10)7(11)5(2)8(4)17(15,16)14-9(12)13/h3H,11H2,1-2H3,(H4,12,13,14). The molecule has 1 rings (SSSR count). The molecule has 0 radical (unpaired) electrons. The molecular formula is C9H13FN4O2S. The zero-order chi connectivity index (χ0) is 13.4. The van der Waals surface area contributed by atoms with Crippen LogP contribution in [0.15, 0.2) is 15.4 Å². The minimum absolute atomic E-state index is 0.0903. The van der Waals surface area contributed by atoms with Crippen LogP contribution >= 0.6 is 0 Å². The summed E-state index contributed by atoms with van der Waals surface area (Å²) in [5.41, 5.74) is 15.5. The summed E-state index contributed by atoms with van der Waals surface area (Å²) in [7, 11) is -4.07. The van der Waals surface area contributed by atoms with Gasteiger partial charge in [0.1, 0.15) is 5.82 Å². The third kappa shape index (κ3) is 2.47. The number of nitrogen functional groups attached to an aromatic ring is 1. The highest BCUT2D eigenvalue weighted by molar-refractivity contribution is 7.90. The lowest BCUT2D eigenvalue weighted by Crippen LogP contribution is -2.24. The number of rotatable bonds is 2. The highest BCUT2D eigenvalue weighted by atomic mass is 32.2. The van der Waals surface area contributed by atoms with Gasteiger partial charge in [-0.2, -0.15) is 8.42 Å². The van der Waals surface area contributed by atoms with Crippen LogP contribution in [0.1, 0.15) is 11.1 Å². The number of guanidine groups is 1. The monoisotopic (exact) mass is 260 g/mol. The first-order valence-corrected chi connectivity index (χ1v) is 6.02. The Morgan fingerprint density at radius 1 is 1.35 bits per heavy atom. The van der Waals surface area contributed by atoms with Crippen molar-refractivity contribution in [3.05, 3.63) is 23.0 Å². The number of nitrogens with zero attached hydrogens (tertiary/aromatic N) is 1. The molecule has 0 heterocycles. The molecule has 0 aliphatic rings. The fraction of sp³-hybridized carbons (Fsp3) is 0.222. The molecule has 17 heavy (non-hydrogen) atoms. The van der Waals surface area contributed by atoms with Crippen LogP contribution in [0.4, 0.5) is 10.1 Å². The Hall–Kier alpha value is -1.83. The van der Waals surface area contributed by atoms with E-state index in [-0.39, 0.29) is 21.7 Å². The van der Waals surface area contributed by atoms with Crippen LogP contribution in [0.2, 0.25) is 0 Å². The van der Waals surface area contributed by atoms with E-state index >= 15 is 0 Å². The van der Waals surface area contributed by atoms with Crippen LogP contribution < -0.4 is 17.2 Å². The Morgan fingerprint density at radius 2 is 1.88 bits per heavy atom. The van der Waals surface area contributed by atoms with Crippen LogP contribution in [-0.2, 0) is 10.0 Å². The molecule has 0 unspecified atom stereocenters. The van der Waals surface area contributed by atoms with Gasteiger partial charge in [0.05, 0.1) is 10.6 Å². The van der Waals surface area contributed by atoms with Crippen molar-refractivity contribution < 1.29 is 12.8 Å². The second kappa shape index (κ2) is 4.21. The van der Waals surface area contributed by atoms with Crippen molar-refractivity contribution in [3.63, 3.8) is 0 Å². The van der Waals surface area contributed by atoms with E-state index in [0.717, 1.165) is 6.07 Å². The second-order valence-corrected chi connectivity index (χ2v) is 5.08. The molecule has 0 amide bonds. The van der Waals surface area contributed by atoms with Gasteiger partial charge in [0.25, 0.3) is 10.0 Å². The van der Waals surface area contributed by atoms with Crippen LogP contribution in [0, 0.1) is 19.7 Å². The van der Waals surface area contributed by atoms with Gasteiger partial charge in [-0.3, -0.25) is 0 Å². The normalized spacial score (nSPS) is 11.2. The minimum atomic E-state index is -4.07. The van der Waals surface area contributed by atoms with Gasteiger partial charge >= 0.3 is 0 Å². The van der Waals surface area contributed by atoms with Crippen molar-refractivity contribution >= 4 is 21.7 Å². The van der Waals surface area contributed by atoms with E-state index in [0.29, 0.717) is 0 Å². The van der Waals surface area contributed by atoms with Gasteiger partial charge in [-0.1, -0.05) is 0 Å². The molecule has 0 atom stereocenters. The fourth-order valence-corrected chi connectivity index (χ4v) is 2.84. The molecule has 0 aliphatic carbocycles. The number of benzene rings is 1. The smallest absolute Gasteiger partial charge is 0.286 e. The summed E-state index contributed by atoms with van der Waals surface area (Å²) < 4.78 is 40.0. The molecular weight excluding hydrogens is 247 g/mol. The summed E-state index contributed by atoms with van der Waals surface area (Å²) in [6.45, 7) is 2.82. The highest BCUT2D eigenvalue weighted by Crippen LogP contribution is 2.28. The average molecular weight is 260 g/mol. The molecule has 0 saturated heterocycles. The van der Waals surface area contributed by atoms with Crippen molar-refractivity contribution in [1.82, 2.24) is 0 Å². The zero-order valence-corrected chi connectivity index (χ0v) is 10.2. The molecule has 6 N–H and O–H groups in total. The van der Waals surface area contributed by atoms with E-state index in [2.05, 4.69) is 4.40 Å². The lowest BCUT2D eigenvalue weighted by Gasteiger charge is -2.11. The molecule has 0 spiro atoms. The molecule has 6 nitrogen and oxygen atoms in total. The van der Waals surface area contributed by atoms with E-state index in [9.17, 15) is 12.8 Å². The summed E-state index contributed by atoms with van der Waals surface area (Å²) in [5.74, 6) is -1.27. The molecule has 0 aliphatic heterocycles. The SMILES string of the molecule is Cc1cc(F)c(N)c(C)c1S(=O)(=O)N=C(N)N. The van der Waals surface area contributed by atoms with E-state index < -0.39 is 21.8 Å². The summed E-state index contributed by atoms with van der Waals surface area (Å²) in [4.78, 5) is -0.176. The van der Waals surface area contributed by atoms with Crippen LogP contribution in [0.25, 0.3) is 0 Å². The second-order valence-electron chi connectivity index (χ2n) is 3.53. The lowest BCUT2D eigenvalue weighted by molar-refractivity contribution is 0.595. The molecule has 8 heteroatoms. The number of hydrogen-bond donors (Lipinski definition) is 3. The molecule has 0 fully saturated rings. The van der Waals surface area contributed by atoms with Gasteiger partial charge in [0, 0.05) is 0 Å². The first-order valence-electron chi connectivity index (χ1n) is 4.58. The Kier molecular flexibility index (Phi) is 3.28. The molecule has 1 aromatic rings. The van der Waals surface area contributed by atoms with Crippen molar-refractivity contribution in [1.29, 1.82) is 0 Å². The van der Waals surface area contributed by atoms with Gasteiger partial charge in [-0.05, 0) is 31.0 Å². The van der Waals surface area contributed by atoms with Crippen LogP contribution in [0.5, 0.6) is 0 Å². The highest BCUT2D eigenvalue weighted by Gasteiger charge is 2.22. The number of sulfonamides is 1. The minimum Gasteiger partial charge on any atom is -0.396 e. The number of anilines is 1. The van der Waals surface area contributed by atoms with Crippen LogP contribution in [-0.4, -0.2) is 14.4 Å². The van der Waals surface area contributed by atoms with Gasteiger partial charge < -0.3 is 17.2 Å². The summed E-state index contributed by atoms with van der Waals surface area (Å²) in [6, 6.07) is 1.03. The summed E-state index contributed by atoms with van der Waals surface area (Å²) in [6.07, 6.45) is 0. The third-order valence-corrected chi connectivity index (χ3v) is 3.78. The topological polar surface area (TPSA) is 125 Å². The van der Waals surface area contributed by atoms with E-state index in [1.165, 1.54) is 13.8 Å². The predicted molar refractivity (Wildman–Crippen MR) is 63.3 cm³/mol. The summed E-state index contributed by atoms with van der Waals surface area (Å²) in [5, 5.41) is 0.